The maximum Gasteiger partial charge on any atom is 0.322 e. The molecule has 0 saturated carbocycles. The maximum absolute atomic E-state index is 11.5. The SMILES string of the molecule is CC(C)N1CCC(CNC(=O)NCC(=O)NCC(=O)O)C1. The Balaban J connectivity index is 2.12. The number of aliphatic carboxylic acids is 1. The number of hydrogen-bond donors (Lipinski definition) is 4. The molecule has 0 aliphatic carbocycles. The highest BCUT2D eigenvalue weighted by atomic mass is 16.4. The van der Waals surface area contributed by atoms with Crippen molar-refractivity contribution < 1.29 is 19.5 Å². The Labute approximate surface area is 124 Å². The summed E-state index contributed by atoms with van der Waals surface area (Å²) in [7, 11) is 0. The molecule has 1 fully saturated rings. The van der Waals surface area contributed by atoms with Crippen LogP contribution in [0.4, 0.5) is 4.79 Å². The maximum atomic E-state index is 11.5. The smallest absolute Gasteiger partial charge is 0.322 e. The highest BCUT2D eigenvalue weighted by Gasteiger charge is 2.24. The van der Waals surface area contributed by atoms with E-state index in [0.29, 0.717) is 18.5 Å². The van der Waals surface area contributed by atoms with Crippen LogP contribution in [0.3, 0.4) is 0 Å². The van der Waals surface area contributed by atoms with Crippen LogP contribution in [0, 0.1) is 5.92 Å². The van der Waals surface area contributed by atoms with E-state index in [0.717, 1.165) is 19.5 Å². The second kappa shape index (κ2) is 8.46. The Kier molecular flexibility index (Phi) is 6.93. The summed E-state index contributed by atoms with van der Waals surface area (Å²) in [5.74, 6) is -1.22. The van der Waals surface area contributed by atoms with Gasteiger partial charge in [0.15, 0.2) is 0 Å². The lowest BCUT2D eigenvalue weighted by Gasteiger charge is -2.20. The van der Waals surface area contributed by atoms with Crippen molar-refractivity contribution in [2.75, 3.05) is 32.7 Å². The first-order valence-electron chi connectivity index (χ1n) is 7.12. The Morgan fingerprint density at radius 3 is 2.48 bits per heavy atom. The van der Waals surface area contributed by atoms with E-state index >= 15 is 0 Å². The van der Waals surface area contributed by atoms with Crippen LogP contribution in [-0.4, -0.2) is 66.7 Å². The molecule has 3 amide bonds. The average molecular weight is 300 g/mol. The Bertz CT molecular complexity index is 386. The summed E-state index contributed by atoms with van der Waals surface area (Å²) in [4.78, 5) is 35.3. The van der Waals surface area contributed by atoms with Crippen molar-refractivity contribution in [1.29, 1.82) is 0 Å². The minimum absolute atomic E-state index is 0.234. The van der Waals surface area contributed by atoms with Gasteiger partial charge < -0.3 is 26.0 Å². The number of nitrogens with one attached hydrogen (secondary N) is 3. The molecule has 1 heterocycles. The molecular weight excluding hydrogens is 276 g/mol. The molecule has 8 heteroatoms. The quantitative estimate of drug-likeness (QED) is 0.493. The van der Waals surface area contributed by atoms with Gasteiger partial charge >= 0.3 is 12.0 Å². The molecule has 1 saturated heterocycles. The van der Waals surface area contributed by atoms with Crippen LogP contribution in [0.1, 0.15) is 20.3 Å². The summed E-state index contributed by atoms with van der Waals surface area (Å²) in [6, 6.07) is 0.102. The van der Waals surface area contributed by atoms with Gasteiger partial charge in [0.2, 0.25) is 5.91 Å². The number of rotatable bonds is 7. The van der Waals surface area contributed by atoms with E-state index in [2.05, 4.69) is 34.7 Å². The Morgan fingerprint density at radius 1 is 1.19 bits per heavy atom. The van der Waals surface area contributed by atoms with Crippen LogP contribution in [0.5, 0.6) is 0 Å². The van der Waals surface area contributed by atoms with E-state index in [4.69, 9.17) is 5.11 Å². The second-order valence-corrected chi connectivity index (χ2v) is 5.48. The van der Waals surface area contributed by atoms with Crippen molar-refractivity contribution in [3.63, 3.8) is 0 Å². The summed E-state index contributed by atoms with van der Waals surface area (Å²) in [5, 5.41) is 15.7. The van der Waals surface area contributed by atoms with E-state index in [1.165, 1.54) is 0 Å². The summed E-state index contributed by atoms with van der Waals surface area (Å²) in [6.45, 7) is 6.21. The Morgan fingerprint density at radius 2 is 1.90 bits per heavy atom. The van der Waals surface area contributed by atoms with Crippen molar-refractivity contribution >= 4 is 17.9 Å². The molecule has 0 aromatic carbocycles. The summed E-state index contributed by atoms with van der Waals surface area (Å²) < 4.78 is 0. The molecule has 120 valence electrons. The summed E-state index contributed by atoms with van der Waals surface area (Å²) in [6.07, 6.45) is 1.05. The van der Waals surface area contributed by atoms with E-state index < -0.39 is 24.5 Å². The third kappa shape index (κ3) is 6.94. The number of amides is 3. The van der Waals surface area contributed by atoms with Gasteiger partial charge in [0.05, 0.1) is 6.54 Å². The van der Waals surface area contributed by atoms with Crippen LogP contribution in [0.15, 0.2) is 0 Å². The zero-order valence-corrected chi connectivity index (χ0v) is 12.5. The molecular formula is C13H24N4O4. The van der Waals surface area contributed by atoms with Crippen LogP contribution in [0.2, 0.25) is 0 Å². The molecule has 8 nitrogen and oxygen atoms in total. The molecule has 0 bridgehead atoms. The molecule has 0 aromatic rings. The van der Waals surface area contributed by atoms with Crippen LogP contribution >= 0.6 is 0 Å². The summed E-state index contributed by atoms with van der Waals surface area (Å²) >= 11 is 0. The van der Waals surface area contributed by atoms with E-state index in [-0.39, 0.29) is 6.54 Å². The van der Waals surface area contributed by atoms with Gasteiger partial charge in [-0.25, -0.2) is 4.79 Å². The van der Waals surface area contributed by atoms with Gasteiger partial charge in [-0.15, -0.1) is 0 Å². The van der Waals surface area contributed by atoms with Gasteiger partial charge in [-0.05, 0) is 32.7 Å². The number of likely N-dealkylation sites (tertiary alicyclic amines) is 1. The molecule has 1 unspecified atom stereocenters. The van der Waals surface area contributed by atoms with Crippen molar-refractivity contribution in [2.24, 2.45) is 5.92 Å². The largest absolute Gasteiger partial charge is 0.480 e. The second-order valence-electron chi connectivity index (χ2n) is 5.48. The van der Waals surface area contributed by atoms with E-state index in [1.54, 1.807) is 0 Å². The lowest BCUT2D eigenvalue weighted by Crippen LogP contribution is -2.44. The lowest BCUT2D eigenvalue weighted by molar-refractivity contribution is -0.137. The predicted molar refractivity (Wildman–Crippen MR) is 76.9 cm³/mol. The van der Waals surface area contributed by atoms with Gasteiger partial charge in [0.1, 0.15) is 6.54 Å². The fraction of sp³-hybridized carbons (Fsp3) is 0.769. The monoisotopic (exact) mass is 300 g/mol. The van der Waals surface area contributed by atoms with Gasteiger partial charge in [0, 0.05) is 19.1 Å². The minimum atomic E-state index is -1.12. The third-order valence-electron chi connectivity index (χ3n) is 3.45. The number of nitrogens with zero attached hydrogens (tertiary/aromatic N) is 1. The molecule has 1 aliphatic rings. The van der Waals surface area contributed by atoms with Gasteiger partial charge in [-0.1, -0.05) is 0 Å². The summed E-state index contributed by atoms with van der Waals surface area (Å²) in [5.41, 5.74) is 0. The number of carbonyl (C=O) groups is 3. The third-order valence-corrected chi connectivity index (χ3v) is 3.45. The molecule has 1 rings (SSSR count). The molecule has 4 N–H and O–H groups in total. The van der Waals surface area contributed by atoms with Crippen LogP contribution < -0.4 is 16.0 Å². The van der Waals surface area contributed by atoms with Crippen molar-refractivity contribution in [1.82, 2.24) is 20.9 Å². The van der Waals surface area contributed by atoms with E-state index in [1.807, 2.05) is 0 Å². The van der Waals surface area contributed by atoms with Crippen LogP contribution in [-0.2, 0) is 9.59 Å². The van der Waals surface area contributed by atoms with Gasteiger partial charge in [0.25, 0.3) is 0 Å². The molecule has 1 atom stereocenters. The van der Waals surface area contributed by atoms with Crippen LogP contribution in [0.25, 0.3) is 0 Å². The minimum Gasteiger partial charge on any atom is -0.480 e. The first-order valence-corrected chi connectivity index (χ1v) is 7.12. The van der Waals surface area contributed by atoms with Crippen molar-refractivity contribution in [2.45, 2.75) is 26.3 Å². The first kappa shape index (κ1) is 17.2. The standard InChI is InChI=1S/C13H24N4O4/c1-9(2)17-4-3-10(8-17)5-15-13(21)16-6-11(18)14-7-12(19)20/h9-10H,3-8H2,1-2H3,(H,14,18)(H,19,20)(H2,15,16,21). The molecule has 21 heavy (non-hydrogen) atoms. The predicted octanol–water partition coefficient (Wildman–Crippen LogP) is -0.783. The number of carboxylic acids is 1. The van der Waals surface area contributed by atoms with Crippen molar-refractivity contribution in [3.05, 3.63) is 0 Å². The van der Waals surface area contributed by atoms with E-state index in [9.17, 15) is 14.4 Å². The van der Waals surface area contributed by atoms with Crippen molar-refractivity contribution in [3.8, 4) is 0 Å². The average Bonchev–Trinajstić information content (AvgIpc) is 2.89. The zero-order chi connectivity index (χ0) is 15.8. The number of urea groups is 1. The fourth-order valence-electron chi connectivity index (χ4n) is 2.20. The lowest BCUT2D eigenvalue weighted by atomic mass is 10.1. The molecule has 0 spiro atoms. The number of carbonyl (C=O) groups excluding carboxylic acids is 2. The molecule has 0 radical (unpaired) electrons. The zero-order valence-electron chi connectivity index (χ0n) is 12.5. The molecule has 1 aliphatic heterocycles. The highest BCUT2D eigenvalue weighted by Crippen LogP contribution is 2.17. The number of carboxylic acid groups (broad SMARTS) is 1. The highest BCUT2D eigenvalue weighted by molar-refractivity contribution is 5.86. The number of hydrogen-bond acceptors (Lipinski definition) is 4. The Hall–Kier alpha value is -1.83. The molecule has 0 aromatic heterocycles. The van der Waals surface area contributed by atoms with Gasteiger partial charge in [-0.2, -0.15) is 0 Å². The van der Waals surface area contributed by atoms with Gasteiger partial charge in [-0.3, -0.25) is 9.59 Å². The fourth-order valence-corrected chi connectivity index (χ4v) is 2.20. The first-order chi connectivity index (χ1) is 9.88. The topological polar surface area (TPSA) is 111 Å². The normalized spacial score (nSPS) is 18.5.